The zero-order chi connectivity index (χ0) is 30.7. The number of nitrogen functional groups attached to an aromatic ring is 2. The molecule has 2 fully saturated rings. The van der Waals surface area contributed by atoms with Gasteiger partial charge in [0.05, 0.1) is 44.4 Å². The molecule has 0 spiro atoms. The number of hydrogen-bond donors (Lipinski definition) is 3. The van der Waals surface area contributed by atoms with E-state index in [0.29, 0.717) is 62.3 Å². The summed E-state index contributed by atoms with van der Waals surface area (Å²) >= 11 is 6.08. The minimum atomic E-state index is 0.224. The Morgan fingerprint density at radius 3 is 1.73 bits per heavy atom. The highest BCUT2D eigenvalue weighted by atomic mass is 35.5. The van der Waals surface area contributed by atoms with E-state index in [1.807, 2.05) is 11.0 Å². The summed E-state index contributed by atoms with van der Waals surface area (Å²) < 4.78 is 15.8. The predicted octanol–water partition coefficient (Wildman–Crippen LogP) is 1.42. The van der Waals surface area contributed by atoms with Crippen molar-refractivity contribution in [2.75, 3.05) is 99.5 Å². The van der Waals surface area contributed by atoms with Gasteiger partial charge in [0.25, 0.3) is 0 Å². The van der Waals surface area contributed by atoms with Crippen molar-refractivity contribution in [1.29, 1.82) is 0 Å². The summed E-state index contributed by atoms with van der Waals surface area (Å²) in [7, 11) is 1.66. The van der Waals surface area contributed by atoms with Crippen LogP contribution in [0.4, 0.5) is 29.6 Å². The van der Waals surface area contributed by atoms with E-state index in [0.717, 1.165) is 48.8 Å². The van der Waals surface area contributed by atoms with Gasteiger partial charge in [-0.3, -0.25) is 0 Å². The Balaban J connectivity index is 0.000000177. The van der Waals surface area contributed by atoms with Gasteiger partial charge >= 0.3 is 0 Å². The largest absolute Gasteiger partial charge is 0.383 e. The molecule has 4 aromatic heterocycles. The van der Waals surface area contributed by atoms with E-state index >= 15 is 0 Å². The fourth-order valence-corrected chi connectivity index (χ4v) is 4.44. The second-order valence-electron chi connectivity index (χ2n) is 9.59. The Hall–Kier alpha value is -4.51. The second-order valence-corrected chi connectivity index (χ2v) is 9.98. The summed E-state index contributed by atoms with van der Waals surface area (Å²) in [5.74, 6) is 2.44. The number of ether oxygens (including phenoxy) is 3. The summed E-state index contributed by atoms with van der Waals surface area (Å²) in [6, 6.07) is 3.55. The van der Waals surface area contributed by atoms with Gasteiger partial charge in [0.2, 0.25) is 23.8 Å². The normalized spacial score (nSPS) is 15.0. The second kappa shape index (κ2) is 15.3. The van der Waals surface area contributed by atoms with E-state index in [1.165, 1.54) is 0 Å². The third kappa shape index (κ3) is 8.53. The molecular formula is C27H34ClN13O3. The first-order valence-electron chi connectivity index (χ1n) is 14.0. The van der Waals surface area contributed by atoms with Crippen LogP contribution >= 0.6 is 11.6 Å². The van der Waals surface area contributed by atoms with Crippen LogP contribution in [0.2, 0.25) is 5.15 Å². The van der Waals surface area contributed by atoms with Crippen LogP contribution in [0.25, 0.3) is 22.5 Å². The lowest BCUT2D eigenvalue weighted by Gasteiger charge is -2.27. The first kappa shape index (κ1) is 30.9. The number of aromatic nitrogens is 8. The Morgan fingerprint density at radius 1 is 0.750 bits per heavy atom. The van der Waals surface area contributed by atoms with Crippen LogP contribution in [0, 0.1) is 0 Å². The predicted molar refractivity (Wildman–Crippen MR) is 166 cm³/mol. The molecule has 2 saturated heterocycles. The van der Waals surface area contributed by atoms with Crippen LogP contribution in [0.3, 0.4) is 0 Å². The Morgan fingerprint density at radius 2 is 1.23 bits per heavy atom. The van der Waals surface area contributed by atoms with Crippen molar-refractivity contribution in [3.63, 3.8) is 0 Å². The molecule has 0 amide bonds. The Labute approximate surface area is 259 Å². The van der Waals surface area contributed by atoms with Gasteiger partial charge in [0, 0.05) is 87.9 Å². The van der Waals surface area contributed by atoms with Gasteiger partial charge < -0.3 is 40.8 Å². The van der Waals surface area contributed by atoms with Crippen molar-refractivity contribution in [2.45, 2.75) is 0 Å². The fraction of sp³-hybridized carbons (Fsp3) is 0.407. The van der Waals surface area contributed by atoms with Gasteiger partial charge in [-0.25, -0.2) is 34.9 Å². The van der Waals surface area contributed by atoms with Crippen LogP contribution in [0.1, 0.15) is 0 Å². The van der Waals surface area contributed by atoms with Crippen molar-refractivity contribution in [3.8, 4) is 22.5 Å². The van der Waals surface area contributed by atoms with E-state index in [9.17, 15) is 0 Å². The molecule has 6 rings (SSSR count). The van der Waals surface area contributed by atoms with Crippen molar-refractivity contribution in [1.82, 2.24) is 39.9 Å². The Kier molecular flexibility index (Phi) is 10.7. The molecule has 2 aliphatic heterocycles. The molecule has 0 aliphatic carbocycles. The number of halogens is 1. The standard InChI is InChI=1S/C15H21N7O2.C12H13ClN6O/c1-23-5-2-17-13-8-12(11-9-18-14(16)19-10-11)20-15(21-13)22-3-6-24-7-4-22;13-10-5-9(8-6-15-11(14)16-7-8)17-12(18-10)19-1-3-20-4-2-19/h8-10H,2-7H2,1H3,(H2,16,18,19)(H,17,20,21);5-7H,1-4H2,(H2,14,15,16). The van der Waals surface area contributed by atoms with Crippen molar-refractivity contribution >= 4 is 41.2 Å². The Bertz CT molecular complexity index is 1490. The molecule has 0 unspecified atom stereocenters. The van der Waals surface area contributed by atoms with Crippen molar-refractivity contribution in [2.24, 2.45) is 0 Å². The van der Waals surface area contributed by atoms with E-state index in [2.05, 4.69) is 50.1 Å². The van der Waals surface area contributed by atoms with Gasteiger partial charge in [-0.15, -0.1) is 0 Å². The maximum Gasteiger partial charge on any atom is 0.228 e. The molecule has 17 heteroatoms. The maximum atomic E-state index is 6.08. The number of anilines is 5. The molecule has 5 N–H and O–H groups in total. The minimum Gasteiger partial charge on any atom is -0.383 e. The monoisotopic (exact) mass is 623 g/mol. The highest BCUT2D eigenvalue weighted by molar-refractivity contribution is 6.29. The molecule has 0 radical (unpaired) electrons. The van der Waals surface area contributed by atoms with Gasteiger partial charge in [0.1, 0.15) is 11.0 Å². The molecule has 16 nitrogen and oxygen atoms in total. The molecule has 0 aromatic carbocycles. The summed E-state index contributed by atoms with van der Waals surface area (Å²) in [5.41, 5.74) is 14.0. The van der Waals surface area contributed by atoms with E-state index in [-0.39, 0.29) is 11.9 Å². The average molecular weight is 624 g/mol. The number of methoxy groups -OCH3 is 1. The summed E-state index contributed by atoms with van der Waals surface area (Å²) in [4.78, 5) is 38.1. The topological polar surface area (TPSA) is 201 Å². The first-order chi connectivity index (χ1) is 21.5. The van der Waals surface area contributed by atoms with Gasteiger partial charge in [-0.1, -0.05) is 11.6 Å². The SMILES string of the molecule is COCCNc1cc(-c2cnc(N)nc2)nc(N2CCOCC2)n1.Nc1ncc(-c2cc(Cl)nc(N3CCOCC3)n2)cn1. The third-order valence-corrected chi connectivity index (χ3v) is 6.73. The molecule has 232 valence electrons. The van der Waals surface area contributed by atoms with Gasteiger partial charge in [-0.2, -0.15) is 4.98 Å². The van der Waals surface area contributed by atoms with E-state index < -0.39 is 0 Å². The molecule has 4 aromatic rings. The maximum absolute atomic E-state index is 6.08. The number of hydrogen-bond acceptors (Lipinski definition) is 16. The minimum absolute atomic E-state index is 0.224. The number of nitrogens with one attached hydrogen (secondary N) is 1. The summed E-state index contributed by atoms with van der Waals surface area (Å²) in [5, 5.41) is 3.63. The number of nitrogens with zero attached hydrogens (tertiary/aromatic N) is 10. The smallest absolute Gasteiger partial charge is 0.228 e. The lowest BCUT2D eigenvalue weighted by Crippen LogP contribution is -2.37. The molecule has 0 saturated carbocycles. The van der Waals surface area contributed by atoms with Crippen LogP contribution in [-0.4, -0.2) is 113 Å². The lowest BCUT2D eigenvalue weighted by molar-refractivity contribution is 0.122. The van der Waals surface area contributed by atoms with Crippen LogP contribution < -0.4 is 26.6 Å². The highest BCUT2D eigenvalue weighted by Crippen LogP contribution is 2.24. The van der Waals surface area contributed by atoms with Crippen LogP contribution in [-0.2, 0) is 14.2 Å². The molecule has 2 aliphatic rings. The highest BCUT2D eigenvalue weighted by Gasteiger charge is 2.18. The van der Waals surface area contributed by atoms with E-state index in [4.69, 9.17) is 37.3 Å². The lowest BCUT2D eigenvalue weighted by atomic mass is 10.2. The summed E-state index contributed by atoms with van der Waals surface area (Å²) in [6.45, 7) is 6.95. The number of nitrogens with two attached hydrogens (primary N) is 2. The van der Waals surface area contributed by atoms with Gasteiger partial charge in [0.15, 0.2) is 0 Å². The molecule has 44 heavy (non-hydrogen) atoms. The molecule has 0 atom stereocenters. The quantitative estimate of drug-likeness (QED) is 0.188. The van der Waals surface area contributed by atoms with Crippen molar-refractivity contribution in [3.05, 3.63) is 42.1 Å². The molecule has 0 bridgehead atoms. The fourth-order valence-electron chi connectivity index (χ4n) is 4.26. The van der Waals surface area contributed by atoms with E-state index in [1.54, 1.807) is 38.0 Å². The van der Waals surface area contributed by atoms with Gasteiger partial charge in [-0.05, 0) is 0 Å². The summed E-state index contributed by atoms with van der Waals surface area (Å²) in [6.07, 6.45) is 6.55. The average Bonchev–Trinajstić information content (AvgIpc) is 3.06. The van der Waals surface area contributed by atoms with Crippen LogP contribution in [0.15, 0.2) is 36.9 Å². The molecular weight excluding hydrogens is 590 g/mol. The number of morpholine rings is 2. The zero-order valence-electron chi connectivity index (χ0n) is 24.3. The third-order valence-electron chi connectivity index (χ3n) is 6.53. The molecule has 6 heterocycles. The zero-order valence-corrected chi connectivity index (χ0v) is 25.0. The van der Waals surface area contributed by atoms with Crippen molar-refractivity contribution < 1.29 is 14.2 Å². The first-order valence-corrected chi connectivity index (χ1v) is 14.3. The van der Waals surface area contributed by atoms with Crippen LogP contribution in [0.5, 0.6) is 0 Å². The number of rotatable bonds is 8.